The first kappa shape index (κ1) is 21.6. The van der Waals surface area contributed by atoms with Crippen molar-refractivity contribution >= 4 is 11.8 Å². The zero-order chi connectivity index (χ0) is 18.7. The molecule has 25 heavy (non-hydrogen) atoms. The lowest BCUT2D eigenvalue weighted by Gasteiger charge is -2.17. The van der Waals surface area contributed by atoms with Gasteiger partial charge in [0, 0.05) is 18.8 Å². The van der Waals surface area contributed by atoms with Gasteiger partial charge >= 0.3 is 5.97 Å². The molecule has 4 atom stereocenters. The fourth-order valence-electron chi connectivity index (χ4n) is 3.35. The van der Waals surface area contributed by atoms with Crippen molar-refractivity contribution in [2.75, 3.05) is 0 Å². The van der Waals surface area contributed by atoms with Crippen molar-refractivity contribution in [1.82, 2.24) is 0 Å². The highest BCUT2D eigenvalue weighted by atomic mass is 16.4. The molecular weight excluding hydrogens is 316 g/mol. The third-order valence-electron chi connectivity index (χ3n) is 5.12. The molecule has 0 heterocycles. The van der Waals surface area contributed by atoms with Gasteiger partial charge in [0.15, 0.2) is 0 Å². The van der Waals surface area contributed by atoms with Crippen LogP contribution in [0.1, 0.15) is 71.6 Å². The molecular formula is C21H34O4. The number of carbonyl (C=O) groups is 2. The van der Waals surface area contributed by atoms with Crippen LogP contribution in [0.5, 0.6) is 0 Å². The zero-order valence-corrected chi connectivity index (χ0v) is 15.7. The molecule has 1 aliphatic rings. The number of unbranched alkanes of at least 4 members (excludes halogenated alkanes) is 2. The minimum absolute atomic E-state index is 0.00474. The molecule has 0 aromatic rings. The summed E-state index contributed by atoms with van der Waals surface area (Å²) in [7, 11) is 0. The third kappa shape index (κ3) is 8.48. The van der Waals surface area contributed by atoms with E-state index in [0.29, 0.717) is 25.0 Å². The Bertz CT molecular complexity index is 467. The van der Waals surface area contributed by atoms with E-state index in [9.17, 15) is 14.7 Å². The molecule has 0 spiro atoms. The second-order valence-electron chi connectivity index (χ2n) is 7.26. The molecule has 1 saturated carbocycles. The molecule has 1 fully saturated rings. The second kappa shape index (κ2) is 12.0. The van der Waals surface area contributed by atoms with E-state index in [1.165, 1.54) is 0 Å². The Hall–Kier alpha value is -1.42. The van der Waals surface area contributed by atoms with E-state index in [-0.39, 0.29) is 24.2 Å². The maximum Gasteiger partial charge on any atom is 0.303 e. The summed E-state index contributed by atoms with van der Waals surface area (Å²) in [5.74, 6) is 0.00449. The van der Waals surface area contributed by atoms with Crippen molar-refractivity contribution in [3.05, 3.63) is 24.3 Å². The van der Waals surface area contributed by atoms with Crippen molar-refractivity contribution in [3.8, 4) is 0 Å². The average Bonchev–Trinajstić information content (AvgIpc) is 2.93. The summed E-state index contributed by atoms with van der Waals surface area (Å²) in [5, 5.41) is 18.8. The van der Waals surface area contributed by atoms with E-state index in [1.807, 2.05) is 24.3 Å². The van der Waals surface area contributed by atoms with Gasteiger partial charge in [-0.15, -0.1) is 0 Å². The monoisotopic (exact) mass is 350 g/mol. The molecule has 142 valence electrons. The number of Topliss-reactive ketones (excluding diaryl/α,β-unsaturated/α-hetero) is 1. The molecule has 0 radical (unpaired) electrons. The van der Waals surface area contributed by atoms with Crippen LogP contribution in [0, 0.1) is 17.8 Å². The number of aliphatic hydroxyl groups excluding tert-OH is 1. The van der Waals surface area contributed by atoms with Crippen molar-refractivity contribution < 1.29 is 19.8 Å². The van der Waals surface area contributed by atoms with Gasteiger partial charge in [0.25, 0.3) is 0 Å². The summed E-state index contributed by atoms with van der Waals surface area (Å²) in [5.41, 5.74) is 0. The van der Waals surface area contributed by atoms with Crippen LogP contribution in [0.15, 0.2) is 24.3 Å². The Kier molecular flexibility index (Phi) is 10.4. The number of carbonyl (C=O) groups excluding carboxylic acids is 1. The SMILES string of the molecule is CCCCC(C)[C@H](O)/C=C/C1CCC(=O)[C@@H]1C/C=C\CCCC(=O)O. The standard InChI is InChI=1S/C21H34O4/c1-3-4-9-16(2)19(22)14-12-17-13-15-20(23)18(17)10-7-5-6-8-11-21(24)25/h5,7,12,14,16-19,22H,3-4,6,8-11,13,15H2,1-2H3,(H,24,25)/b7-5-,14-12+/t16?,17?,18-,19-/m1/s1. The molecule has 2 unspecified atom stereocenters. The van der Waals surface area contributed by atoms with Crippen LogP contribution in [0.25, 0.3) is 0 Å². The molecule has 0 aliphatic heterocycles. The minimum atomic E-state index is -0.767. The van der Waals surface area contributed by atoms with E-state index in [2.05, 4.69) is 13.8 Å². The summed E-state index contributed by atoms with van der Waals surface area (Å²) in [6.45, 7) is 4.22. The third-order valence-corrected chi connectivity index (χ3v) is 5.12. The number of hydrogen-bond acceptors (Lipinski definition) is 3. The van der Waals surface area contributed by atoms with Gasteiger partial charge in [-0.05, 0) is 43.9 Å². The maximum atomic E-state index is 12.1. The molecule has 0 aromatic heterocycles. The van der Waals surface area contributed by atoms with Crippen LogP contribution in [-0.2, 0) is 9.59 Å². The molecule has 2 N–H and O–H groups in total. The highest BCUT2D eigenvalue weighted by Gasteiger charge is 2.32. The Morgan fingerprint density at radius 2 is 2.08 bits per heavy atom. The van der Waals surface area contributed by atoms with Gasteiger partial charge < -0.3 is 10.2 Å². The number of rotatable bonds is 12. The molecule has 1 rings (SSSR count). The van der Waals surface area contributed by atoms with Crippen molar-refractivity contribution in [1.29, 1.82) is 0 Å². The number of aliphatic carboxylic acids is 1. The Balaban J connectivity index is 2.44. The quantitative estimate of drug-likeness (QED) is 0.401. The normalized spacial score (nSPS) is 23.6. The van der Waals surface area contributed by atoms with Gasteiger partial charge in [-0.2, -0.15) is 0 Å². The first-order valence-electron chi connectivity index (χ1n) is 9.71. The molecule has 0 bridgehead atoms. The summed E-state index contributed by atoms with van der Waals surface area (Å²) in [4.78, 5) is 22.6. The summed E-state index contributed by atoms with van der Waals surface area (Å²) in [6.07, 6.45) is 14.5. The van der Waals surface area contributed by atoms with Gasteiger partial charge in [-0.1, -0.05) is 51.0 Å². The first-order valence-corrected chi connectivity index (χ1v) is 9.71. The van der Waals surface area contributed by atoms with E-state index < -0.39 is 12.1 Å². The predicted octanol–water partition coefficient (Wildman–Crippen LogP) is 4.53. The molecule has 4 nitrogen and oxygen atoms in total. The van der Waals surface area contributed by atoms with Crippen molar-refractivity contribution in [3.63, 3.8) is 0 Å². The van der Waals surface area contributed by atoms with E-state index in [0.717, 1.165) is 32.1 Å². The number of allylic oxidation sites excluding steroid dienone is 3. The fraction of sp³-hybridized carbons (Fsp3) is 0.714. The smallest absolute Gasteiger partial charge is 0.303 e. The van der Waals surface area contributed by atoms with Gasteiger partial charge in [0.1, 0.15) is 5.78 Å². The van der Waals surface area contributed by atoms with Crippen LogP contribution < -0.4 is 0 Å². The highest BCUT2D eigenvalue weighted by Crippen LogP contribution is 2.33. The second-order valence-corrected chi connectivity index (χ2v) is 7.26. The van der Waals surface area contributed by atoms with Crippen LogP contribution in [0.4, 0.5) is 0 Å². The maximum absolute atomic E-state index is 12.1. The van der Waals surface area contributed by atoms with Gasteiger partial charge in [-0.3, -0.25) is 9.59 Å². The van der Waals surface area contributed by atoms with Crippen LogP contribution in [0.3, 0.4) is 0 Å². The lowest BCUT2D eigenvalue weighted by Crippen LogP contribution is -2.16. The van der Waals surface area contributed by atoms with Crippen LogP contribution in [-0.4, -0.2) is 28.1 Å². The number of hydrogen-bond donors (Lipinski definition) is 2. The van der Waals surface area contributed by atoms with Crippen LogP contribution >= 0.6 is 0 Å². The Morgan fingerprint density at radius 1 is 1.32 bits per heavy atom. The molecule has 4 heteroatoms. The molecule has 0 saturated heterocycles. The lowest BCUT2D eigenvalue weighted by atomic mass is 9.90. The molecule has 0 amide bonds. The van der Waals surface area contributed by atoms with E-state index in [4.69, 9.17) is 5.11 Å². The number of aliphatic hydroxyl groups is 1. The minimum Gasteiger partial charge on any atom is -0.481 e. The summed E-state index contributed by atoms with van der Waals surface area (Å²) < 4.78 is 0. The number of carboxylic acid groups (broad SMARTS) is 1. The predicted molar refractivity (Wildman–Crippen MR) is 100 cm³/mol. The van der Waals surface area contributed by atoms with Gasteiger partial charge in [0.2, 0.25) is 0 Å². The molecule has 0 aromatic carbocycles. The average molecular weight is 350 g/mol. The fourth-order valence-corrected chi connectivity index (χ4v) is 3.35. The van der Waals surface area contributed by atoms with Crippen LogP contribution in [0.2, 0.25) is 0 Å². The van der Waals surface area contributed by atoms with E-state index >= 15 is 0 Å². The van der Waals surface area contributed by atoms with E-state index in [1.54, 1.807) is 0 Å². The van der Waals surface area contributed by atoms with Crippen molar-refractivity contribution in [2.24, 2.45) is 17.8 Å². The topological polar surface area (TPSA) is 74.6 Å². The summed E-state index contributed by atoms with van der Waals surface area (Å²) in [6, 6.07) is 0. The van der Waals surface area contributed by atoms with Gasteiger partial charge in [0.05, 0.1) is 6.10 Å². The van der Waals surface area contributed by atoms with Crippen molar-refractivity contribution in [2.45, 2.75) is 77.7 Å². The lowest BCUT2D eigenvalue weighted by molar-refractivity contribution is -0.137. The van der Waals surface area contributed by atoms with Gasteiger partial charge in [-0.25, -0.2) is 0 Å². The number of ketones is 1. The summed E-state index contributed by atoms with van der Waals surface area (Å²) >= 11 is 0. The Labute approximate surface area is 152 Å². The first-order chi connectivity index (χ1) is 12.0. The Morgan fingerprint density at radius 3 is 2.76 bits per heavy atom. The highest BCUT2D eigenvalue weighted by molar-refractivity contribution is 5.83. The largest absolute Gasteiger partial charge is 0.481 e. The number of carboxylic acids is 1. The molecule has 1 aliphatic carbocycles. The zero-order valence-electron chi connectivity index (χ0n) is 15.7.